The summed E-state index contributed by atoms with van der Waals surface area (Å²) in [5.41, 5.74) is -1.46. The number of aromatic nitrogens is 4. The number of amides is 3. The molecule has 16 nitrogen and oxygen atoms in total. The number of piperidine rings is 2. The van der Waals surface area contributed by atoms with Gasteiger partial charge < -0.3 is 44.9 Å². The van der Waals surface area contributed by atoms with Crippen molar-refractivity contribution in [2.24, 2.45) is 11.8 Å². The third-order valence-corrected chi connectivity index (χ3v) is 12.3. The fourth-order valence-corrected chi connectivity index (χ4v) is 8.25. The van der Waals surface area contributed by atoms with Crippen LogP contribution >= 0.6 is 0 Å². The second-order valence-electron chi connectivity index (χ2n) is 18.8. The van der Waals surface area contributed by atoms with Crippen LogP contribution in [0, 0.1) is 11.8 Å². The molecule has 4 heterocycles. The van der Waals surface area contributed by atoms with Crippen LogP contribution in [0.2, 0.25) is 0 Å². The molecule has 0 spiro atoms. The first-order valence-electron chi connectivity index (χ1n) is 23.7. The summed E-state index contributed by atoms with van der Waals surface area (Å²) in [5.74, 6) is 0.180. The predicted octanol–water partition coefficient (Wildman–Crippen LogP) is 7.19. The number of benzene rings is 2. The number of nitrogens with one attached hydrogen (secondary N) is 3. The van der Waals surface area contributed by atoms with Crippen molar-refractivity contribution in [2.45, 2.75) is 90.6 Å². The van der Waals surface area contributed by atoms with Crippen LogP contribution in [0.3, 0.4) is 0 Å². The van der Waals surface area contributed by atoms with Gasteiger partial charge in [-0.15, -0.1) is 0 Å². The van der Waals surface area contributed by atoms with Crippen molar-refractivity contribution >= 4 is 17.9 Å². The standard InChI is InChI=1S/C27H38F3N5O4.C22H30F3N5O2/c1-26(2,3)39-25(37)33(4)14-15-34-12-10-19(11-13-34)18-35-21(16-23(32-35)27(28,29)30)24(36)31-17-20-8-6-7-9-22(20)38-5;1-26-9-12-29-10-7-16(8-11-29)15-30-18(13-20(28-30)22(23,24)25)21(31)27-14-17-5-3-4-6-19(17)32-2/h6-9,16,19H,10-15,17-18H2,1-5H3,(H,31,36);3-6,13,16,26H,7-12,14-15H2,1-2H3,(H,27,31). The average Bonchev–Trinajstić information content (AvgIpc) is 3.97. The highest BCUT2D eigenvalue weighted by Crippen LogP contribution is 2.31. The third kappa shape index (κ3) is 17.2. The number of halogens is 6. The number of carbonyl (C=O) groups excluding carboxylic acids is 3. The summed E-state index contributed by atoms with van der Waals surface area (Å²) >= 11 is 0. The highest BCUT2D eigenvalue weighted by Gasteiger charge is 2.38. The van der Waals surface area contributed by atoms with Crippen LogP contribution in [0.25, 0.3) is 0 Å². The molecule has 2 aromatic carbocycles. The van der Waals surface area contributed by atoms with Gasteiger partial charge in [0.15, 0.2) is 11.4 Å². The van der Waals surface area contributed by atoms with Gasteiger partial charge in [0.05, 0.1) is 14.2 Å². The summed E-state index contributed by atoms with van der Waals surface area (Å²) in [6, 6.07) is 15.9. The largest absolute Gasteiger partial charge is 0.496 e. The Bertz CT molecular complexity index is 2330. The van der Waals surface area contributed by atoms with Crippen molar-refractivity contribution in [3.63, 3.8) is 0 Å². The van der Waals surface area contributed by atoms with Gasteiger partial charge in [0.1, 0.15) is 28.5 Å². The minimum absolute atomic E-state index is 0.0617. The summed E-state index contributed by atoms with van der Waals surface area (Å²) in [7, 11) is 6.63. The van der Waals surface area contributed by atoms with Gasteiger partial charge in [-0.25, -0.2) is 4.79 Å². The molecule has 0 unspecified atom stereocenters. The number of likely N-dealkylation sites (tertiary alicyclic amines) is 2. The first-order valence-corrected chi connectivity index (χ1v) is 23.7. The third-order valence-electron chi connectivity index (χ3n) is 12.3. The van der Waals surface area contributed by atoms with Gasteiger partial charge in [0, 0.05) is 82.7 Å². The Morgan fingerprint density at radius 1 is 0.676 bits per heavy atom. The molecule has 3 N–H and O–H groups in total. The molecular formula is C49H68F6N10O6. The number of rotatable bonds is 18. The lowest BCUT2D eigenvalue weighted by molar-refractivity contribution is -0.142. The van der Waals surface area contributed by atoms with Gasteiger partial charge in [0.2, 0.25) is 0 Å². The number of alkyl halides is 6. The Balaban J connectivity index is 0.000000269. The van der Waals surface area contributed by atoms with Crippen molar-refractivity contribution in [2.75, 3.05) is 80.7 Å². The number of likely N-dealkylation sites (N-methyl/N-ethyl adjacent to an activating group) is 2. The topological polar surface area (TPSA) is 160 Å². The lowest BCUT2D eigenvalue weighted by Gasteiger charge is -2.33. The monoisotopic (exact) mass is 1010 g/mol. The van der Waals surface area contributed by atoms with Crippen LogP contribution in [0.4, 0.5) is 31.1 Å². The van der Waals surface area contributed by atoms with E-state index in [4.69, 9.17) is 14.2 Å². The minimum atomic E-state index is -4.66. The second kappa shape index (κ2) is 25.5. The lowest BCUT2D eigenvalue weighted by Crippen LogP contribution is -2.42. The number of nitrogens with zero attached hydrogens (tertiary/aromatic N) is 7. The molecule has 3 amide bonds. The Morgan fingerprint density at radius 3 is 1.46 bits per heavy atom. The van der Waals surface area contributed by atoms with E-state index >= 15 is 0 Å². The molecule has 2 fully saturated rings. The van der Waals surface area contributed by atoms with Gasteiger partial charge in [-0.1, -0.05) is 36.4 Å². The number of para-hydroxylation sites is 2. The van der Waals surface area contributed by atoms with Gasteiger partial charge in [0.25, 0.3) is 11.8 Å². The maximum atomic E-state index is 13.5. The summed E-state index contributed by atoms with van der Waals surface area (Å²) in [6.45, 7) is 12.4. The minimum Gasteiger partial charge on any atom is -0.496 e. The molecule has 22 heteroatoms. The van der Waals surface area contributed by atoms with E-state index in [9.17, 15) is 40.7 Å². The molecule has 6 rings (SSSR count). The number of hydrogen-bond donors (Lipinski definition) is 3. The van der Waals surface area contributed by atoms with E-state index in [0.29, 0.717) is 30.2 Å². The predicted molar refractivity (Wildman–Crippen MR) is 254 cm³/mol. The van der Waals surface area contributed by atoms with Crippen molar-refractivity contribution < 1.29 is 54.9 Å². The first kappa shape index (κ1) is 56.0. The Kier molecular flexibility index (Phi) is 20.1. The smallest absolute Gasteiger partial charge is 0.435 e. The molecule has 4 aromatic rings. The van der Waals surface area contributed by atoms with Crippen molar-refractivity contribution in [3.8, 4) is 11.5 Å². The molecule has 0 saturated carbocycles. The van der Waals surface area contributed by atoms with Crippen LogP contribution in [0.15, 0.2) is 60.7 Å². The van der Waals surface area contributed by atoms with Crippen molar-refractivity contribution in [1.29, 1.82) is 0 Å². The van der Waals surface area contributed by atoms with E-state index in [1.807, 2.05) is 27.8 Å². The van der Waals surface area contributed by atoms with E-state index < -0.39 is 41.2 Å². The highest BCUT2D eigenvalue weighted by atomic mass is 19.4. The zero-order chi connectivity index (χ0) is 51.9. The van der Waals surface area contributed by atoms with Crippen LogP contribution < -0.4 is 25.4 Å². The summed E-state index contributed by atoms with van der Waals surface area (Å²) in [5, 5.41) is 16.0. The molecule has 0 atom stereocenters. The van der Waals surface area contributed by atoms with E-state index in [-0.39, 0.29) is 55.5 Å². The van der Waals surface area contributed by atoms with Gasteiger partial charge in [-0.05, 0) is 104 Å². The number of hydrogen-bond acceptors (Lipinski definition) is 11. The zero-order valence-corrected chi connectivity index (χ0v) is 41.6. The maximum Gasteiger partial charge on any atom is 0.435 e. The summed E-state index contributed by atoms with van der Waals surface area (Å²) < 4.78 is 98.6. The molecule has 2 saturated heterocycles. The van der Waals surface area contributed by atoms with Crippen LogP contribution in [-0.4, -0.2) is 138 Å². The van der Waals surface area contributed by atoms with E-state index in [1.54, 1.807) is 55.6 Å². The fourth-order valence-electron chi connectivity index (χ4n) is 8.25. The molecule has 2 aliphatic heterocycles. The van der Waals surface area contributed by atoms with E-state index in [2.05, 4.69) is 35.9 Å². The Hall–Kier alpha value is -5.87. The highest BCUT2D eigenvalue weighted by molar-refractivity contribution is 5.93. The molecule has 0 bridgehead atoms. The Labute approximate surface area is 411 Å². The van der Waals surface area contributed by atoms with E-state index in [1.165, 1.54) is 28.5 Å². The zero-order valence-electron chi connectivity index (χ0n) is 41.6. The quantitative estimate of drug-likeness (QED) is 0.0867. The van der Waals surface area contributed by atoms with Crippen LogP contribution in [0.5, 0.6) is 11.5 Å². The Morgan fingerprint density at radius 2 is 1.08 bits per heavy atom. The van der Waals surface area contributed by atoms with Gasteiger partial charge in [-0.2, -0.15) is 36.5 Å². The van der Waals surface area contributed by atoms with Crippen LogP contribution in [-0.2, 0) is 43.3 Å². The van der Waals surface area contributed by atoms with Crippen molar-refractivity contribution in [3.05, 3.63) is 94.6 Å². The average molecular weight is 1010 g/mol. The normalized spacial score (nSPS) is 15.4. The molecule has 71 heavy (non-hydrogen) atoms. The van der Waals surface area contributed by atoms with E-state index in [0.717, 1.165) is 82.6 Å². The second-order valence-corrected chi connectivity index (χ2v) is 18.8. The SMILES string of the molecule is CNCCN1CCC(Cn2nc(C(F)(F)F)cc2C(=O)NCc2ccccc2OC)CC1.COc1ccccc1CNC(=O)c1cc(C(F)(F)F)nn1CC1CCN(CCN(C)C(=O)OC(C)(C)C)CC1. The summed E-state index contributed by atoms with van der Waals surface area (Å²) in [6.07, 6.45) is -6.47. The molecule has 392 valence electrons. The molecule has 2 aliphatic rings. The number of ether oxygens (including phenoxy) is 3. The van der Waals surface area contributed by atoms with Gasteiger partial charge in [-0.3, -0.25) is 19.0 Å². The van der Waals surface area contributed by atoms with Gasteiger partial charge >= 0.3 is 18.4 Å². The molecule has 2 aromatic heterocycles. The number of methoxy groups -OCH3 is 2. The van der Waals surface area contributed by atoms with Crippen molar-refractivity contribution in [1.82, 2.24) is 50.2 Å². The lowest BCUT2D eigenvalue weighted by atomic mass is 9.97. The molecular weight excluding hydrogens is 939 g/mol. The summed E-state index contributed by atoms with van der Waals surface area (Å²) in [4.78, 5) is 44.0. The number of carbonyl (C=O) groups is 3. The molecule has 0 radical (unpaired) electrons. The first-order chi connectivity index (χ1) is 33.6. The fraction of sp³-hybridized carbons (Fsp3) is 0.571. The molecule has 0 aliphatic carbocycles. The maximum absolute atomic E-state index is 13.5. The van der Waals surface area contributed by atoms with Crippen LogP contribution in [0.1, 0.15) is 89.9 Å².